The standard InChI is InChI=1S/C12H10BrN3O3/c1-6-7(13)3-2-4-8(6)16-11(17)9-10(12(18)19)15-5-14-9/h2-5H,1H3,(H,14,15)(H,16,17)(H,18,19). The van der Waals surface area contributed by atoms with Gasteiger partial charge in [0.15, 0.2) is 11.4 Å². The fourth-order valence-electron chi connectivity index (χ4n) is 1.55. The quantitative estimate of drug-likeness (QED) is 0.808. The monoisotopic (exact) mass is 323 g/mol. The lowest BCUT2D eigenvalue weighted by Crippen LogP contribution is -2.17. The Morgan fingerprint density at radius 1 is 1.42 bits per heavy atom. The van der Waals surface area contributed by atoms with Crippen molar-refractivity contribution in [2.45, 2.75) is 6.92 Å². The van der Waals surface area contributed by atoms with Gasteiger partial charge in [0.2, 0.25) is 0 Å². The molecule has 1 aromatic carbocycles. The van der Waals surface area contributed by atoms with Crippen LogP contribution in [0.25, 0.3) is 0 Å². The summed E-state index contributed by atoms with van der Waals surface area (Å²) in [4.78, 5) is 29.0. The van der Waals surface area contributed by atoms with Gasteiger partial charge in [-0.05, 0) is 24.6 Å². The van der Waals surface area contributed by atoms with Crippen LogP contribution in [0.2, 0.25) is 0 Å². The van der Waals surface area contributed by atoms with Crippen LogP contribution in [-0.4, -0.2) is 27.0 Å². The van der Waals surface area contributed by atoms with E-state index in [4.69, 9.17) is 5.11 Å². The Labute approximate surface area is 117 Å². The number of anilines is 1. The fraction of sp³-hybridized carbons (Fsp3) is 0.0833. The van der Waals surface area contributed by atoms with E-state index in [-0.39, 0.29) is 11.4 Å². The minimum Gasteiger partial charge on any atom is -0.477 e. The van der Waals surface area contributed by atoms with Crippen LogP contribution < -0.4 is 5.32 Å². The Balaban J connectivity index is 2.29. The molecular weight excluding hydrogens is 314 g/mol. The number of aromatic nitrogens is 2. The second kappa shape index (κ2) is 5.23. The normalized spacial score (nSPS) is 10.2. The molecule has 7 heteroatoms. The van der Waals surface area contributed by atoms with Gasteiger partial charge in [-0.2, -0.15) is 0 Å². The number of hydrogen-bond donors (Lipinski definition) is 3. The van der Waals surface area contributed by atoms with Crippen molar-refractivity contribution < 1.29 is 14.7 Å². The molecule has 0 spiro atoms. The molecule has 3 N–H and O–H groups in total. The zero-order chi connectivity index (χ0) is 14.0. The van der Waals surface area contributed by atoms with Crippen molar-refractivity contribution in [2.75, 3.05) is 5.32 Å². The molecule has 1 heterocycles. The summed E-state index contributed by atoms with van der Waals surface area (Å²) in [5.74, 6) is -1.80. The van der Waals surface area contributed by atoms with Crippen LogP contribution in [0.5, 0.6) is 0 Å². The summed E-state index contributed by atoms with van der Waals surface area (Å²) in [5.41, 5.74) is 1.07. The van der Waals surface area contributed by atoms with Gasteiger partial charge in [-0.1, -0.05) is 22.0 Å². The first-order valence-electron chi connectivity index (χ1n) is 5.34. The van der Waals surface area contributed by atoms with Crippen LogP contribution >= 0.6 is 15.9 Å². The maximum Gasteiger partial charge on any atom is 0.354 e. The van der Waals surface area contributed by atoms with Gasteiger partial charge in [0.1, 0.15) is 0 Å². The molecule has 1 amide bonds. The third kappa shape index (κ3) is 2.65. The van der Waals surface area contributed by atoms with Crippen molar-refractivity contribution >= 4 is 33.5 Å². The molecule has 0 aliphatic carbocycles. The number of aromatic carboxylic acids is 1. The average molecular weight is 324 g/mol. The Bertz CT molecular complexity index is 651. The molecule has 19 heavy (non-hydrogen) atoms. The third-order valence-corrected chi connectivity index (χ3v) is 3.44. The highest BCUT2D eigenvalue weighted by Gasteiger charge is 2.20. The lowest BCUT2D eigenvalue weighted by Gasteiger charge is -2.08. The highest BCUT2D eigenvalue weighted by molar-refractivity contribution is 9.10. The van der Waals surface area contributed by atoms with E-state index in [1.807, 2.05) is 13.0 Å². The van der Waals surface area contributed by atoms with Crippen LogP contribution in [0, 0.1) is 6.92 Å². The number of carbonyl (C=O) groups excluding carboxylic acids is 1. The number of nitrogens with one attached hydrogen (secondary N) is 2. The van der Waals surface area contributed by atoms with E-state index >= 15 is 0 Å². The Morgan fingerprint density at radius 2 is 2.16 bits per heavy atom. The summed E-state index contributed by atoms with van der Waals surface area (Å²) in [6.07, 6.45) is 1.17. The first-order chi connectivity index (χ1) is 9.00. The second-order valence-corrected chi connectivity index (χ2v) is 4.65. The molecule has 0 radical (unpaired) electrons. The number of rotatable bonds is 3. The number of carboxylic acids is 1. The molecule has 0 unspecified atom stereocenters. The van der Waals surface area contributed by atoms with E-state index in [9.17, 15) is 9.59 Å². The first-order valence-corrected chi connectivity index (χ1v) is 6.13. The largest absolute Gasteiger partial charge is 0.477 e. The molecule has 2 rings (SSSR count). The van der Waals surface area contributed by atoms with Gasteiger partial charge in [-0.3, -0.25) is 4.79 Å². The van der Waals surface area contributed by atoms with E-state index in [0.29, 0.717) is 5.69 Å². The number of halogens is 1. The van der Waals surface area contributed by atoms with E-state index < -0.39 is 11.9 Å². The maximum absolute atomic E-state index is 12.0. The van der Waals surface area contributed by atoms with E-state index in [2.05, 4.69) is 31.2 Å². The number of nitrogens with zero attached hydrogens (tertiary/aromatic N) is 1. The van der Waals surface area contributed by atoms with Crippen molar-refractivity contribution in [2.24, 2.45) is 0 Å². The summed E-state index contributed by atoms with van der Waals surface area (Å²) in [7, 11) is 0. The topological polar surface area (TPSA) is 95.1 Å². The predicted octanol–water partition coefficient (Wildman–Crippen LogP) is 2.43. The predicted molar refractivity (Wildman–Crippen MR) is 72.4 cm³/mol. The number of hydrogen-bond acceptors (Lipinski definition) is 3. The molecule has 2 aromatic rings. The minimum absolute atomic E-state index is 0.146. The van der Waals surface area contributed by atoms with Gasteiger partial charge in [0, 0.05) is 10.2 Å². The summed E-state index contributed by atoms with van der Waals surface area (Å²) in [6.45, 7) is 1.84. The Kier molecular flexibility index (Phi) is 3.66. The van der Waals surface area contributed by atoms with Crippen molar-refractivity contribution in [3.05, 3.63) is 46.0 Å². The van der Waals surface area contributed by atoms with Crippen molar-refractivity contribution in [1.82, 2.24) is 9.97 Å². The van der Waals surface area contributed by atoms with Gasteiger partial charge < -0.3 is 15.4 Å². The maximum atomic E-state index is 12.0. The van der Waals surface area contributed by atoms with Gasteiger partial charge >= 0.3 is 5.97 Å². The summed E-state index contributed by atoms with van der Waals surface area (Å²) in [5, 5.41) is 11.5. The molecular formula is C12H10BrN3O3. The lowest BCUT2D eigenvalue weighted by atomic mass is 10.2. The number of benzene rings is 1. The third-order valence-electron chi connectivity index (χ3n) is 2.58. The average Bonchev–Trinajstić information content (AvgIpc) is 2.84. The second-order valence-electron chi connectivity index (χ2n) is 3.80. The smallest absolute Gasteiger partial charge is 0.354 e. The molecule has 0 aliphatic heterocycles. The number of amides is 1. The molecule has 0 bridgehead atoms. The zero-order valence-electron chi connectivity index (χ0n) is 9.90. The van der Waals surface area contributed by atoms with E-state index in [0.717, 1.165) is 10.0 Å². The van der Waals surface area contributed by atoms with Crippen LogP contribution in [-0.2, 0) is 0 Å². The lowest BCUT2D eigenvalue weighted by molar-refractivity contribution is 0.0686. The summed E-state index contributed by atoms with van der Waals surface area (Å²) in [6, 6.07) is 5.35. The van der Waals surface area contributed by atoms with Crippen molar-refractivity contribution in [1.29, 1.82) is 0 Å². The summed E-state index contributed by atoms with van der Waals surface area (Å²) >= 11 is 3.36. The molecule has 0 atom stereocenters. The van der Waals surface area contributed by atoms with Gasteiger partial charge in [0.05, 0.1) is 6.33 Å². The number of aromatic amines is 1. The molecule has 0 saturated carbocycles. The van der Waals surface area contributed by atoms with Crippen LogP contribution in [0.4, 0.5) is 5.69 Å². The first kappa shape index (κ1) is 13.3. The van der Waals surface area contributed by atoms with Gasteiger partial charge in [-0.25, -0.2) is 9.78 Å². The number of carboxylic acid groups (broad SMARTS) is 1. The van der Waals surface area contributed by atoms with Crippen molar-refractivity contribution in [3.63, 3.8) is 0 Å². The molecule has 6 nitrogen and oxygen atoms in total. The zero-order valence-corrected chi connectivity index (χ0v) is 11.5. The summed E-state index contributed by atoms with van der Waals surface area (Å²) < 4.78 is 0.853. The molecule has 98 valence electrons. The molecule has 0 saturated heterocycles. The van der Waals surface area contributed by atoms with E-state index in [1.54, 1.807) is 12.1 Å². The minimum atomic E-state index is -1.23. The SMILES string of the molecule is Cc1c(Br)cccc1NC(=O)c1nc[nH]c1C(=O)O. The van der Waals surface area contributed by atoms with E-state index in [1.165, 1.54) is 6.33 Å². The van der Waals surface area contributed by atoms with Crippen LogP contribution in [0.1, 0.15) is 26.5 Å². The van der Waals surface area contributed by atoms with Gasteiger partial charge in [0.25, 0.3) is 5.91 Å². The van der Waals surface area contributed by atoms with Crippen LogP contribution in [0.3, 0.4) is 0 Å². The number of carbonyl (C=O) groups is 2. The van der Waals surface area contributed by atoms with Crippen LogP contribution in [0.15, 0.2) is 29.0 Å². The number of H-pyrrole nitrogens is 1. The Morgan fingerprint density at radius 3 is 2.84 bits per heavy atom. The highest BCUT2D eigenvalue weighted by Crippen LogP contribution is 2.23. The van der Waals surface area contributed by atoms with Crippen molar-refractivity contribution in [3.8, 4) is 0 Å². The van der Waals surface area contributed by atoms with Gasteiger partial charge in [-0.15, -0.1) is 0 Å². The molecule has 0 fully saturated rings. The molecule has 0 aliphatic rings. The Hall–Kier alpha value is -2.15. The fourth-order valence-corrected chi connectivity index (χ4v) is 1.92. The number of imidazole rings is 1. The molecule has 1 aromatic heterocycles. The highest BCUT2D eigenvalue weighted by atomic mass is 79.9.